The minimum Gasteiger partial charge on any atom is -0.462 e. The molecule has 0 aromatic heterocycles. The highest BCUT2D eigenvalue weighted by Crippen LogP contribution is 2.34. The maximum absolute atomic E-state index is 13.1. The van der Waals surface area contributed by atoms with Crippen molar-refractivity contribution in [3.05, 3.63) is 23.8 Å². The van der Waals surface area contributed by atoms with Gasteiger partial charge < -0.3 is 39.5 Å². The Morgan fingerprint density at radius 2 is 1.76 bits per heavy atom. The van der Waals surface area contributed by atoms with Crippen LogP contribution in [0.4, 0.5) is 0 Å². The monoisotopic (exact) mass is 583 g/mol. The van der Waals surface area contributed by atoms with Gasteiger partial charge in [-0.25, -0.2) is 0 Å². The molecule has 4 N–H and O–H groups in total. The van der Waals surface area contributed by atoms with Gasteiger partial charge >= 0.3 is 5.97 Å². The lowest BCUT2D eigenvalue weighted by Gasteiger charge is -2.44. The smallest absolute Gasteiger partial charge is 0.308 e. The highest BCUT2D eigenvalue weighted by Gasteiger charge is 2.43. The minimum absolute atomic E-state index is 0.103. The van der Waals surface area contributed by atoms with Crippen LogP contribution in [0.25, 0.3) is 0 Å². The molecule has 2 aliphatic heterocycles. The van der Waals surface area contributed by atoms with Crippen LogP contribution in [-0.4, -0.2) is 107 Å². The SMILES string of the molecule is CC[C@H]1OC(=O)C[C@@H](O)[C@H](C)[C@@H](O[C@@H]2O[C@H](C)C[C@H](N(C)C)[C@H]2O)[C@@H](CCO)C[C@@H](C)C(=O)/C=C\C(C)=C/[C@@H]1CO. The predicted octanol–water partition coefficient (Wildman–Crippen LogP) is 2.23. The number of carbonyl (C=O) groups is 2. The summed E-state index contributed by atoms with van der Waals surface area (Å²) >= 11 is 0. The molecule has 0 radical (unpaired) electrons. The van der Waals surface area contributed by atoms with E-state index in [-0.39, 0.29) is 49.9 Å². The molecule has 10 heteroatoms. The summed E-state index contributed by atoms with van der Waals surface area (Å²) in [4.78, 5) is 28.0. The fourth-order valence-corrected chi connectivity index (χ4v) is 5.94. The number of rotatable bonds is 7. The number of likely N-dealkylation sites (N-methyl/N-ethyl adjacent to an activating group) is 1. The van der Waals surface area contributed by atoms with E-state index in [9.17, 15) is 30.0 Å². The molecule has 2 aliphatic rings. The third-order valence-corrected chi connectivity index (χ3v) is 8.54. The van der Waals surface area contributed by atoms with Gasteiger partial charge in [0.1, 0.15) is 12.2 Å². The van der Waals surface area contributed by atoms with Crippen LogP contribution in [-0.2, 0) is 23.8 Å². The van der Waals surface area contributed by atoms with E-state index < -0.39 is 54.4 Å². The van der Waals surface area contributed by atoms with Crippen LogP contribution in [0.2, 0.25) is 0 Å². The Kier molecular flexibility index (Phi) is 14.6. The molecule has 236 valence electrons. The summed E-state index contributed by atoms with van der Waals surface area (Å²) in [6, 6.07) is -0.214. The summed E-state index contributed by atoms with van der Waals surface area (Å²) in [6.45, 7) is 8.73. The second-order valence-electron chi connectivity index (χ2n) is 12.1. The number of aliphatic hydroxyl groups excluding tert-OH is 4. The largest absolute Gasteiger partial charge is 0.462 e. The van der Waals surface area contributed by atoms with Crippen LogP contribution in [0.1, 0.15) is 66.7 Å². The average molecular weight is 584 g/mol. The standard InChI is InChI=1S/C31H53NO9/c1-8-27-23(17-34)13-18(2)9-10-25(35)19(3)14-22(11-12-33)30(21(5)26(36)16-28(37)40-27)41-31-29(38)24(32(6)7)15-20(4)39-31/h9-10,13,19-24,26-27,29-31,33-34,36,38H,8,11-12,14-17H2,1-7H3/b10-9-,18-13-/t19-,20-,21+,22+,23-,24+,26-,27-,29-,30-,31+/m1/s1. The van der Waals surface area contributed by atoms with Crippen LogP contribution in [0.15, 0.2) is 23.8 Å². The number of esters is 1. The molecule has 0 spiro atoms. The maximum Gasteiger partial charge on any atom is 0.308 e. The van der Waals surface area contributed by atoms with Gasteiger partial charge in [0.15, 0.2) is 12.1 Å². The third kappa shape index (κ3) is 10.2. The topological polar surface area (TPSA) is 146 Å². The van der Waals surface area contributed by atoms with E-state index in [0.717, 1.165) is 5.57 Å². The third-order valence-electron chi connectivity index (χ3n) is 8.54. The second kappa shape index (κ2) is 16.8. The summed E-state index contributed by atoms with van der Waals surface area (Å²) in [7, 11) is 3.76. The van der Waals surface area contributed by atoms with Gasteiger partial charge in [0.05, 0.1) is 31.3 Å². The van der Waals surface area contributed by atoms with Crippen molar-refractivity contribution in [1.29, 1.82) is 0 Å². The van der Waals surface area contributed by atoms with Gasteiger partial charge in [-0.2, -0.15) is 0 Å². The zero-order valence-electron chi connectivity index (χ0n) is 25.8. The molecule has 1 saturated heterocycles. The normalized spacial score (nSPS) is 40.6. The van der Waals surface area contributed by atoms with Gasteiger partial charge in [-0.3, -0.25) is 9.59 Å². The first-order chi connectivity index (χ1) is 19.3. The first-order valence-corrected chi connectivity index (χ1v) is 15.0. The highest BCUT2D eigenvalue weighted by molar-refractivity contribution is 5.91. The molecule has 11 atom stereocenters. The molecular weight excluding hydrogens is 530 g/mol. The lowest BCUT2D eigenvalue weighted by Crippen LogP contribution is -2.56. The minimum atomic E-state index is -1.17. The van der Waals surface area contributed by atoms with Crippen molar-refractivity contribution in [3.8, 4) is 0 Å². The first kappa shape index (κ1) is 35.5. The van der Waals surface area contributed by atoms with Crippen molar-refractivity contribution in [3.63, 3.8) is 0 Å². The fraction of sp³-hybridized carbons (Fsp3) is 0.806. The van der Waals surface area contributed by atoms with E-state index in [4.69, 9.17) is 14.2 Å². The highest BCUT2D eigenvalue weighted by atomic mass is 16.7. The van der Waals surface area contributed by atoms with Crippen molar-refractivity contribution >= 4 is 11.8 Å². The van der Waals surface area contributed by atoms with E-state index in [1.807, 2.05) is 46.7 Å². The van der Waals surface area contributed by atoms with Crippen LogP contribution in [0.3, 0.4) is 0 Å². The number of hydrogen-bond donors (Lipinski definition) is 4. The molecule has 0 aliphatic carbocycles. The fourth-order valence-electron chi connectivity index (χ4n) is 5.94. The number of cyclic esters (lactones) is 1. The number of hydrogen-bond acceptors (Lipinski definition) is 10. The number of ether oxygens (including phenoxy) is 3. The number of allylic oxidation sites excluding steroid dienone is 3. The van der Waals surface area contributed by atoms with Gasteiger partial charge in [0, 0.05) is 30.4 Å². The van der Waals surface area contributed by atoms with E-state index >= 15 is 0 Å². The molecule has 2 heterocycles. The molecule has 0 aromatic rings. The molecular formula is C31H53NO9. The number of carbonyl (C=O) groups excluding carboxylic acids is 2. The van der Waals surface area contributed by atoms with Crippen LogP contribution in [0.5, 0.6) is 0 Å². The predicted molar refractivity (Wildman–Crippen MR) is 155 cm³/mol. The molecule has 0 aromatic carbocycles. The van der Waals surface area contributed by atoms with Gasteiger partial charge in [-0.1, -0.05) is 38.5 Å². The Morgan fingerprint density at radius 1 is 1.07 bits per heavy atom. The Morgan fingerprint density at radius 3 is 2.34 bits per heavy atom. The van der Waals surface area contributed by atoms with E-state index in [1.165, 1.54) is 6.08 Å². The second-order valence-corrected chi connectivity index (χ2v) is 12.1. The molecule has 1 fully saturated rings. The van der Waals surface area contributed by atoms with E-state index in [0.29, 0.717) is 19.3 Å². The van der Waals surface area contributed by atoms with E-state index in [2.05, 4.69) is 0 Å². The molecule has 41 heavy (non-hydrogen) atoms. The summed E-state index contributed by atoms with van der Waals surface area (Å²) < 4.78 is 18.2. The zero-order valence-corrected chi connectivity index (χ0v) is 25.8. The van der Waals surface area contributed by atoms with Crippen molar-refractivity contribution in [1.82, 2.24) is 4.90 Å². The number of nitrogens with zero attached hydrogens (tertiary/aromatic N) is 1. The molecule has 2 rings (SSSR count). The quantitative estimate of drug-likeness (QED) is 0.329. The van der Waals surface area contributed by atoms with E-state index in [1.54, 1.807) is 19.1 Å². The van der Waals surface area contributed by atoms with Gasteiger partial charge in [0.2, 0.25) is 0 Å². The Labute approximate surface area is 245 Å². The van der Waals surface area contributed by atoms with Crippen molar-refractivity contribution < 1.29 is 44.2 Å². The summed E-state index contributed by atoms with van der Waals surface area (Å²) in [6.07, 6.45) is 1.71. The molecule has 0 amide bonds. The Bertz CT molecular complexity index is 891. The number of ketones is 1. The molecule has 0 unspecified atom stereocenters. The van der Waals surface area contributed by atoms with Gasteiger partial charge in [0.25, 0.3) is 0 Å². The van der Waals surface area contributed by atoms with Crippen molar-refractivity contribution in [2.45, 2.75) is 110 Å². The molecule has 0 saturated carbocycles. The summed E-state index contributed by atoms with van der Waals surface area (Å²) in [5, 5.41) is 42.4. The Hall–Kier alpha value is -1.66. The van der Waals surface area contributed by atoms with Gasteiger partial charge in [-0.05, 0) is 65.6 Å². The van der Waals surface area contributed by atoms with Crippen LogP contribution >= 0.6 is 0 Å². The van der Waals surface area contributed by atoms with Crippen molar-refractivity contribution in [2.24, 2.45) is 23.7 Å². The lowest BCUT2D eigenvalue weighted by molar-refractivity contribution is -0.283. The van der Waals surface area contributed by atoms with Crippen LogP contribution < -0.4 is 0 Å². The Balaban J connectivity index is 2.49. The summed E-state index contributed by atoms with van der Waals surface area (Å²) in [5.41, 5.74) is 0.751. The summed E-state index contributed by atoms with van der Waals surface area (Å²) in [5.74, 6) is -2.61. The molecule has 10 nitrogen and oxygen atoms in total. The van der Waals surface area contributed by atoms with Crippen molar-refractivity contribution in [2.75, 3.05) is 27.3 Å². The van der Waals surface area contributed by atoms with Crippen LogP contribution in [0, 0.1) is 23.7 Å². The van der Waals surface area contributed by atoms with Gasteiger partial charge in [-0.15, -0.1) is 0 Å². The number of aliphatic hydroxyl groups is 4. The maximum atomic E-state index is 13.1. The first-order valence-electron chi connectivity index (χ1n) is 15.0. The average Bonchev–Trinajstić information content (AvgIpc) is 2.92. The lowest BCUT2D eigenvalue weighted by atomic mass is 9.79. The zero-order chi connectivity index (χ0) is 30.9. The molecule has 0 bridgehead atoms.